The molecule has 0 saturated heterocycles. The Morgan fingerprint density at radius 1 is 0.958 bits per heavy atom. The van der Waals surface area contributed by atoms with Crippen LogP contribution in [-0.2, 0) is 11.2 Å². The molecule has 0 radical (unpaired) electrons. The van der Waals surface area contributed by atoms with Crippen molar-refractivity contribution in [1.29, 1.82) is 0 Å². The lowest BCUT2D eigenvalue weighted by Crippen LogP contribution is -2.14. The van der Waals surface area contributed by atoms with Gasteiger partial charge >= 0.3 is 0 Å². The van der Waals surface area contributed by atoms with Gasteiger partial charge in [-0.25, -0.2) is 0 Å². The van der Waals surface area contributed by atoms with Crippen LogP contribution in [0.3, 0.4) is 0 Å². The first-order valence-corrected chi connectivity index (χ1v) is 8.31. The number of rotatable bonds is 8. The average molecular weight is 327 g/mol. The van der Waals surface area contributed by atoms with Crippen molar-refractivity contribution in [3.05, 3.63) is 54.1 Å². The summed E-state index contributed by atoms with van der Waals surface area (Å²) in [7, 11) is 0. The van der Waals surface area contributed by atoms with Crippen molar-refractivity contribution in [2.24, 2.45) is 5.92 Å². The molecule has 0 aliphatic rings. The van der Waals surface area contributed by atoms with Gasteiger partial charge in [-0.05, 0) is 54.8 Å². The molecule has 0 fully saturated rings. The molecule has 0 unspecified atom stereocenters. The van der Waals surface area contributed by atoms with Crippen molar-refractivity contribution in [3.63, 3.8) is 0 Å². The average Bonchev–Trinajstić information content (AvgIpc) is 2.56. The third-order valence-corrected chi connectivity index (χ3v) is 3.32. The van der Waals surface area contributed by atoms with E-state index in [1.54, 1.807) is 0 Å². The summed E-state index contributed by atoms with van der Waals surface area (Å²) in [6.07, 6.45) is 0.331. The number of carbonyl (C=O) groups is 1. The predicted molar refractivity (Wildman–Crippen MR) is 96.7 cm³/mol. The van der Waals surface area contributed by atoms with E-state index in [1.165, 1.54) is 0 Å². The molecule has 0 heterocycles. The van der Waals surface area contributed by atoms with Crippen LogP contribution in [-0.4, -0.2) is 19.1 Å². The van der Waals surface area contributed by atoms with Crippen molar-refractivity contribution < 1.29 is 14.3 Å². The molecule has 0 bridgehead atoms. The highest BCUT2D eigenvalue weighted by Gasteiger charge is 2.05. The van der Waals surface area contributed by atoms with Gasteiger partial charge in [0.05, 0.1) is 19.6 Å². The van der Waals surface area contributed by atoms with Crippen molar-refractivity contribution in [2.45, 2.75) is 27.2 Å². The lowest BCUT2D eigenvalue weighted by atomic mass is 10.1. The predicted octanol–water partition coefficient (Wildman–Crippen LogP) is 4.30. The molecule has 1 amide bonds. The van der Waals surface area contributed by atoms with Gasteiger partial charge in [-0.3, -0.25) is 4.79 Å². The maximum atomic E-state index is 12.1. The Bertz CT molecular complexity index is 633. The summed E-state index contributed by atoms with van der Waals surface area (Å²) in [5, 5.41) is 2.90. The zero-order valence-corrected chi connectivity index (χ0v) is 14.5. The molecule has 0 aliphatic heterocycles. The first-order valence-electron chi connectivity index (χ1n) is 8.31. The number of nitrogens with one attached hydrogen (secondary N) is 1. The molecule has 4 heteroatoms. The maximum Gasteiger partial charge on any atom is 0.228 e. The van der Waals surface area contributed by atoms with E-state index in [0.29, 0.717) is 25.6 Å². The number of carbonyl (C=O) groups excluding carboxylic acids is 1. The maximum absolute atomic E-state index is 12.1. The van der Waals surface area contributed by atoms with Gasteiger partial charge in [0, 0.05) is 5.69 Å². The number of anilines is 1. The molecule has 2 aromatic rings. The van der Waals surface area contributed by atoms with Crippen molar-refractivity contribution in [2.75, 3.05) is 18.5 Å². The van der Waals surface area contributed by atoms with Crippen LogP contribution in [0.25, 0.3) is 0 Å². The third-order valence-electron chi connectivity index (χ3n) is 3.32. The normalized spacial score (nSPS) is 10.5. The Balaban J connectivity index is 1.85. The summed E-state index contributed by atoms with van der Waals surface area (Å²) in [6, 6.07) is 15.0. The third kappa shape index (κ3) is 5.95. The number of benzene rings is 2. The molecule has 24 heavy (non-hydrogen) atoms. The molecule has 2 rings (SSSR count). The first kappa shape index (κ1) is 17.9. The lowest BCUT2D eigenvalue weighted by Gasteiger charge is -2.10. The van der Waals surface area contributed by atoms with Crippen LogP contribution in [0, 0.1) is 5.92 Å². The Hall–Kier alpha value is -2.49. The minimum atomic E-state index is -0.0463. The van der Waals surface area contributed by atoms with Gasteiger partial charge in [0.15, 0.2) is 0 Å². The van der Waals surface area contributed by atoms with Crippen molar-refractivity contribution in [3.8, 4) is 11.5 Å². The fourth-order valence-corrected chi connectivity index (χ4v) is 2.16. The largest absolute Gasteiger partial charge is 0.494 e. The molecule has 2 aromatic carbocycles. The van der Waals surface area contributed by atoms with E-state index in [-0.39, 0.29) is 5.91 Å². The van der Waals surface area contributed by atoms with E-state index in [1.807, 2.05) is 55.5 Å². The summed E-state index contributed by atoms with van der Waals surface area (Å²) in [5.74, 6) is 2.07. The standard InChI is InChI=1S/C20H25NO3/c1-4-23-18-9-5-16(6-10-18)13-20(22)21-17-7-11-19(12-8-17)24-14-15(2)3/h5-12,15H,4,13-14H2,1-3H3,(H,21,22). The molecule has 0 aliphatic carbocycles. The second kappa shape index (κ2) is 8.96. The first-order chi connectivity index (χ1) is 11.6. The molecule has 0 saturated carbocycles. The zero-order chi connectivity index (χ0) is 17.4. The molecule has 0 aromatic heterocycles. The summed E-state index contributed by atoms with van der Waals surface area (Å²) in [4.78, 5) is 12.1. The second-order valence-corrected chi connectivity index (χ2v) is 6.03. The van der Waals surface area contributed by atoms with Gasteiger partial charge in [-0.1, -0.05) is 26.0 Å². The van der Waals surface area contributed by atoms with Crippen LogP contribution in [0.2, 0.25) is 0 Å². The number of hydrogen-bond acceptors (Lipinski definition) is 3. The van der Waals surface area contributed by atoms with Crippen LogP contribution in [0.4, 0.5) is 5.69 Å². The second-order valence-electron chi connectivity index (χ2n) is 6.03. The number of hydrogen-bond donors (Lipinski definition) is 1. The number of ether oxygens (including phenoxy) is 2. The van der Waals surface area contributed by atoms with Crippen LogP contribution in [0.15, 0.2) is 48.5 Å². The van der Waals surface area contributed by atoms with Gasteiger partial charge in [-0.2, -0.15) is 0 Å². The van der Waals surface area contributed by atoms with Gasteiger partial charge in [0.25, 0.3) is 0 Å². The SMILES string of the molecule is CCOc1ccc(CC(=O)Nc2ccc(OCC(C)C)cc2)cc1. The summed E-state index contributed by atoms with van der Waals surface area (Å²) < 4.78 is 11.0. The van der Waals surface area contributed by atoms with Gasteiger partial charge in [0.1, 0.15) is 11.5 Å². The van der Waals surface area contributed by atoms with Crippen LogP contribution < -0.4 is 14.8 Å². The lowest BCUT2D eigenvalue weighted by molar-refractivity contribution is -0.115. The van der Waals surface area contributed by atoms with Crippen LogP contribution in [0.1, 0.15) is 26.3 Å². The molecule has 1 N–H and O–H groups in total. The fourth-order valence-electron chi connectivity index (χ4n) is 2.16. The Morgan fingerprint density at radius 3 is 2.12 bits per heavy atom. The van der Waals surface area contributed by atoms with E-state index in [9.17, 15) is 4.79 Å². The van der Waals surface area contributed by atoms with E-state index >= 15 is 0 Å². The number of amides is 1. The summed E-state index contributed by atoms with van der Waals surface area (Å²) in [6.45, 7) is 7.48. The minimum absolute atomic E-state index is 0.0463. The highest BCUT2D eigenvalue weighted by atomic mass is 16.5. The Morgan fingerprint density at radius 2 is 1.54 bits per heavy atom. The zero-order valence-electron chi connectivity index (χ0n) is 14.5. The summed E-state index contributed by atoms with van der Waals surface area (Å²) in [5.41, 5.74) is 1.72. The smallest absolute Gasteiger partial charge is 0.228 e. The van der Waals surface area contributed by atoms with Gasteiger partial charge in [0.2, 0.25) is 5.91 Å². The van der Waals surface area contributed by atoms with E-state index in [2.05, 4.69) is 19.2 Å². The molecular formula is C20H25NO3. The monoisotopic (exact) mass is 327 g/mol. The minimum Gasteiger partial charge on any atom is -0.494 e. The van der Waals surface area contributed by atoms with Crippen molar-refractivity contribution in [1.82, 2.24) is 0 Å². The quantitative estimate of drug-likeness (QED) is 0.786. The highest BCUT2D eigenvalue weighted by molar-refractivity contribution is 5.92. The molecule has 4 nitrogen and oxygen atoms in total. The Labute approximate surface area is 143 Å². The van der Waals surface area contributed by atoms with E-state index in [0.717, 1.165) is 22.7 Å². The van der Waals surface area contributed by atoms with Crippen LogP contribution >= 0.6 is 0 Å². The Kier molecular flexibility index (Phi) is 6.67. The van der Waals surface area contributed by atoms with E-state index < -0.39 is 0 Å². The highest BCUT2D eigenvalue weighted by Crippen LogP contribution is 2.17. The van der Waals surface area contributed by atoms with Crippen LogP contribution in [0.5, 0.6) is 11.5 Å². The summed E-state index contributed by atoms with van der Waals surface area (Å²) >= 11 is 0. The molecule has 0 atom stereocenters. The molecule has 0 spiro atoms. The van der Waals surface area contributed by atoms with Gasteiger partial charge in [-0.15, -0.1) is 0 Å². The topological polar surface area (TPSA) is 47.6 Å². The van der Waals surface area contributed by atoms with E-state index in [4.69, 9.17) is 9.47 Å². The molecular weight excluding hydrogens is 302 g/mol. The van der Waals surface area contributed by atoms with Crippen molar-refractivity contribution >= 4 is 11.6 Å². The molecule has 128 valence electrons. The fraction of sp³-hybridized carbons (Fsp3) is 0.350. The van der Waals surface area contributed by atoms with Gasteiger partial charge < -0.3 is 14.8 Å².